The molecule has 7 nitrogen and oxygen atoms in total. The first kappa shape index (κ1) is 23.0. The fourth-order valence-corrected chi connectivity index (χ4v) is 3.37. The van der Waals surface area contributed by atoms with Crippen LogP contribution in [0.5, 0.6) is 11.5 Å². The molecule has 0 atom stereocenters. The number of hydrogen-bond acceptors (Lipinski definition) is 6. The number of benzene rings is 2. The van der Waals surface area contributed by atoms with E-state index in [0.717, 1.165) is 0 Å². The highest BCUT2D eigenvalue weighted by atomic mass is 19.4. The first-order valence-electron chi connectivity index (χ1n) is 9.92. The molecule has 0 spiro atoms. The van der Waals surface area contributed by atoms with Crippen LogP contribution >= 0.6 is 0 Å². The standard InChI is InChI=1S/C23H18F4N4O3/c1-33-16-6-4-15(5-7-16)31-20-14(11-28-22(30-20)29-12-23(25,26)27)9-17(21(31)32)13-3-8-19(34-2)18(24)10-13/h3-11H,12H2,1-2H3,(H,28,29,30). The molecule has 0 aliphatic rings. The quantitative estimate of drug-likeness (QED) is 0.413. The second-order valence-electron chi connectivity index (χ2n) is 7.19. The second-order valence-corrected chi connectivity index (χ2v) is 7.19. The van der Waals surface area contributed by atoms with Gasteiger partial charge >= 0.3 is 6.18 Å². The third-order valence-electron chi connectivity index (χ3n) is 4.98. The number of rotatable bonds is 6. The summed E-state index contributed by atoms with van der Waals surface area (Å²) in [5.41, 5.74) is 0.332. The fraction of sp³-hybridized carbons (Fsp3) is 0.174. The van der Waals surface area contributed by atoms with Crippen LogP contribution < -0.4 is 20.3 Å². The summed E-state index contributed by atoms with van der Waals surface area (Å²) in [6.07, 6.45) is -3.18. The summed E-state index contributed by atoms with van der Waals surface area (Å²) < 4.78 is 63.6. The third kappa shape index (κ3) is 4.63. The van der Waals surface area contributed by atoms with Gasteiger partial charge in [0.15, 0.2) is 17.2 Å². The minimum atomic E-state index is -4.48. The highest BCUT2D eigenvalue weighted by Gasteiger charge is 2.27. The number of hydrogen-bond donors (Lipinski definition) is 1. The molecule has 0 unspecified atom stereocenters. The molecule has 1 N–H and O–H groups in total. The molecule has 0 amide bonds. The van der Waals surface area contributed by atoms with E-state index >= 15 is 0 Å². The molecule has 4 aromatic rings. The molecule has 0 fully saturated rings. The Hall–Kier alpha value is -4.15. The van der Waals surface area contributed by atoms with Gasteiger partial charge in [0.05, 0.1) is 19.9 Å². The van der Waals surface area contributed by atoms with Crippen molar-refractivity contribution in [3.63, 3.8) is 0 Å². The van der Waals surface area contributed by atoms with Crippen molar-refractivity contribution in [3.8, 4) is 28.3 Å². The summed E-state index contributed by atoms with van der Waals surface area (Å²) in [5, 5.41) is 2.47. The summed E-state index contributed by atoms with van der Waals surface area (Å²) in [6.45, 7) is -1.34. The van der Waals surface area contributed by atoms with Gasteiger partial charge < -0.3 is 14.8 Å². The van der Waals surface area contributed by atoms with Gasteiger partial charge in [0.2, 0.25) is 5.95 Å². The molecular formula is C23H18F4N4O3. The van der Waals surface area contributed by atoms with E-state index in [4.69, 9.17) is 9.47 Å². The minimum absolute atomic E-state index is 0.0173. The Kier molecular flexibility index (Phi) is 6.10. The lowest BCUT2D eigenvalue weighted by Crippen LogP contribution is -2.24. The number of nitrogens with one attached hydrogen (secondary N) is 1. The second kappa shape index (κ2) is 9.00. The van der Waals surface area contributed by atoms with Crippen molar-refractivity contribution in [1.29, 1.82) is 0 Å². The normalized spacial score (nSPS) is 11.5. The number of aromatic nitrogens is 3. The van der Waals surface area contributed by atoms with E-state index in [9.17, 15) is 22.4 Å². The average Bonchev–Trinajstić information content (AvgIpc) is 2.82. The Labute approximate surface area is 190 Å². The molecule has 0 saturated heterocycles. The van der Waals surface area contributed by atoms with Crippen molar-refractivity contribution < 1.29 is 27.0 Å². The Morgan fingerprint density at radius 3 is 2.38 bits per heavy atom. The van der Waals surface area contributed by atoms with Gasteiger partial charge in [-0.1, -0.05) is 6.07 Å². The van der Waals surface area contributed by atoms with Crippen molar-refractivity contribution in [2.24, 2.45) is 0 Å². The minimum Gasteiger partial charge on any atom is -0.497 e. The highest BCUT2D eigenvalue weighted by Crippen LogP contribution is 2.27. The first-order valence-corrected chi connectivity index (χ1v) is 9.92. The number of methoxy groups -OCH3 is 2. The summed E-state index contributed by atoms with van der Waals surface area (Å²) in [6, 6.07) is 12.0. The number of alkyl halides is 3. The molecule has 34 heavy (non-hydrogen) atoms. The van der Waals surface area contributed by atoms with E-state index in [1.54, 1.807) is 24.3 Å². The Balaban J connectivity index is 1.94. The number of fused-ring (bicyclic) bond motifs is 1. The monoisotopic (exact) mass is 474 g/mol. The molecular weight excluding hydrogens is 456 g/mol. The molecule has 4 rings (SSSR count). The van der Waals surface area contributed by atoms with Gasteiger partial charge in [-0.25, -0.2) is 9.37 Å². The lowest BCUT2D eigenvalue weighted by molar-refractivity contribution is -0.115. The SMILES string of the molecule is COc1ccc(-n2c(=O)c(-c3ccc(OC)c(F)c3)cc3cnc(NCC(F)(F)F)nc32)cc1. The molecule has 0 saturated carbocycles. The number of nitrogens with zero attached hydrogens (tertiary/aromatic N) is 3. The maximum Gasteiger partial charge on any atom is 0.405 e. The summed E-state index contributed by atoms with van der Waals surface area (Å²) >= 11 is 0. The fourth-order valence-electron chi connectivity index (χ4n) is 3.37. The summed E-state index contributed by atoms with van der Waals surface area (Å²) in [5.74, 6) is -0.395. The zero-order valence-electron chi connectivity index (χ0n) is 18.0. The molecule has 2 aromatic heterocycles. The zero-order chi connectivity index (χ0) is 24.5. The Morgan fingerprint density at radius 1 is 1.03 bits per heavy atom. The topological polar surface area (TPSA) is 78.3 Å². The van der Waals surface area contributed by atoms with Gasteiger partial charge in [0.1, 0.15) is 12.3 Å². The van der Waals surface area contributed by atoms with Crippen LogP contribution in [0.3, 0.4) is 0 Å². The third-order valence-corrected chi connectivity index (χ3v) is 4.98. The molecule has 176 valence electrons. The van der Waals surface area contributed by atoms with Crippen LogP contribution in [0, 0.1) is 5.82 Å². The summed E-state index contributed by atoms with van der Waals surface area (Å²) in [4.78, 5) is 21.6. The molecule has 0 bridgehead atoms. The number of halogens is 4. The van der Waals surface area contributed by atoms with Crippen LogP contribution in [0.25, 0.3) is 27.8 Å². The molecule has 11 heteroatoms. The number of anilines is 1. The lowest BCUT2D eigenvalue weighted by atomic mass is 10.1. The maximum absolute atomic E-state index is 14.4. The molecule has 2 aromatic carbocycles. The predicted molar refractivity (Wildman–Crippen MR) is 118 cm³/mol. The van der Waals surface area contributed by atoms with Crippen LogP contribution in [-0.2, 0) is 0 Å². The summed E-state index contributed by atoms with van der Waals surface area (Å²) in [7, 11) is 2.81. The first-order chi connectivity index (χ1) is 16.2. The Bertz CT molecular complexity index is 1400. The van der Waals surface area contributed by atoms with Crippen molar-refractivity contribution in [1.82, 2.24) is 14.5 Å². The molecule has 0 aliphatic carbocycles. The van der Waals surface area contributed by atoms with Crippen LogP contribution in [0.2, 0.25) is 0 Å². The van der Waals surface area contributed by atoms with Crippen LogP contribution in [-0.4, -0.2) is 41.5 Å². The average molecular weight is 474 g/mol. The van der Waals surface area contributed by atoms with Crippen molar-refractivity contribution in [2.45, 2.75) is 6.18 Å². The predicted octanol–water partition coefficient (Wildman–Crippen LogP) is 4.58. The van der Waals surface area contributed by atoms with Gasteiger partial charge in [-0.2, -0.15) is 18.2 Å². The van der Waals surface area contributed by atoms with Gasteiger partial charge in [0.25, 0.3) is 5.56 Å². The van der Waals surface area contributed by atoms with Crippen LogP contribution in [0.1, 0.15) is 0 Å². The van der Waals surface area contributed by atoms with Gasteiger partial charge in [-0.3, -0.25) is 9.36 Å². The Morgan fingerprint density at radius 2 is 1.76 bits per heavy atom. The maximum atomic E-state index is 14.4. The zero-order valence-corrected chi connectivity index (χ0v) is 18.0. The smallest absolute Gasteiger partial charge is 0.405 e. The molecule has 2 heterocycles. The van der Waals surface area contributed by atoms with E-state index in [0.29, 0.717) is 16.8 Å². The van der Waals surface area contributed by atoms with Crippen molar-refractivity contribution in [3.05, 3.63) is 70.9 Å². The number of ether oxygens (including phenoxy) is 2. The van der Waals surface area contributed by atoms with Crippen molar-refractivity contribution in [2.75, 3.05) is 26.1 Å². The molecule has 0 radical (unpaired) electrons. The van der Waals surface area contributed by atoms with Crippen LogP contribution in [0.4, 0.5) is 23.5 Å². The van der Waals surface area contributed by atoms with Gasteiger partial charge in [0, 0.05) is 17.1 Å². The van der Waals surface area contributed by atoms with E-state index < -0.39 is 24.1 Å². The van der Waals surface area contributed by atoms with Gasteiger partial charge in [-0.05, 0) is 48.0 Å². The highest BCUT2D eigenvalue weighted by molar-refractivity contribution is 5.83. The van der Waals surface area contributed by atoms with Gasteiger partial charge in [-0.15, -0.1) is 0 Å². The van der Waals surface area contributed by atoms with E-state index in [2.05, 4.69) is 15.3 Å². The molecule has 0 aliphatic heterocycles. The largest absolute Gasteiger partial charge is 0.497 e. The number of pyridine rings is 1. The lowest BCUT2D eigenvalue weighted by Gasteiger charge is -2.15. The van der Waals surface area contributed by atoms with Crippen molar-refractivity contribution >= 4 is 17.0 Å². The van der Waals surface area contributed by atoms with Crippen LogP contribution in [0.15, 0.2) is 59.5 Å². The van der Waals surface area contributed by atoms with E-state index in [-0.39, 0.29) is 28.5 Å². The van der Waals surface area contributed by atoms with E-state index in [1.807, 2.05) is 0 Å². The van der Waals surface area contributed by atoms with E-state index in [1.165, 1.54) is 49.2 Å².